The Hall–Kier alpha value is -4.04. The summed E-state index contributed by atoms with van der Waals surface area (Å²) in [5.41, 5.74) is -2.05. The number of ether oxygens (including phenoxy) is 2. The zero-order valence-electron chi connectivity index (χ0n) is 24.9. The maximum absolute atomic E-state index is 13.4. The summed E-state index contributed by atoms with van der Waals surface area (Å²) in [4.78, 5) is 62.3. The van der Waals surface area contributed by atoms with E-state index in [0.29, 0.717) is 11.3 Å². The number of aliphatic hydroxyl groups is 1. The van der Waals surface area contributed by atoms with Crippen LogP contribution in [-0.4, -0.2) is 69.1 Å². The number of esters is 1. The van der Waals surface area contributed by atoms with Gasteiger partial charge in [-0.05, 0) is 73.1 Å². The van der Waals surface area contributed by atoms with E-state index in [1.54, 1.807) is 65.8 Å². The number of amides is 3. The first-order valence-electron chi connectivity index (χ1n) is 13.2. The Balaban J connectivity index is 1.80. The van der Waals surface area contributed by atoms with E-state index in [1.165, 1.54) is 24.1 Å². The molecule has 0 saturated carbocycles. The van der Waals surface area contributed by atoms with Crippen molar-refractivity contribution in [2.75, 3.05) is 16.8 Å². The number of carbonyl (C=O) groups excluding carboxylic acids is 4. The number of anilines is 2. The van der Waals surface area contributed by atoms with Gasteiger partial charge in [0.1, 0.15) is 22.9 Å². The molecule has 1 aliphatic rings. The van der Waals surface area contributed by atoms with E-state index in [0.717, 1.165) is 11.3 Å². The molecule has 1 aromatic carbocycles. The van der Waals surface area contributed by atoms with Crippen LogP contribution in [0.1, 0.15) is 66.6 Å². The van der Waals surface area contributed by atoms with Crippen LogP contribution in [0.25, 0.3) is 0 Å². The maximum atomic E-state index is 13.4. The first-order valence-corrected chi connectivity index (χ1v) is 14.0. The van der Waals surface area contributed by atoms with E-state index in [4.69, 9.17) is 14.3 Å². The molecule has 0 radical (unpaired) electrons. The third kappa shape index (κ3) is 8.73. The molecule has 1 fully saturated rings. The number of hydrogen-bond donors (Lipinski definition) is 3. The molecule has 3 rings (SSSR count). The van der Waals surface area contributed by atoms with Crippen molar-refractivity contribution in [2.45, 2.75) is 84.8 Å². The molecule has 3 N–H and O–H groups in total. The molecule has 1 aliphatic heterocycles. The number of benzene rings is 1. The number of thiazole rings is 1. The van der Waals surface area contributed by atoms with Gasteiger partial charge in [0.15, 0.2) is 10.8 Å². The summed E-state index contributed by atoms with van der Waals surface area (Å²) in [6, 6.07) is 5.96. The van der Waals surface area contributed by atoms with Crippen LogP contribution in [0.2, 0.25) is 0 Å². The predicted molar refractivity (Wildman–Crippen MR) is 156 cm³/mol. The molecule has 14 heteroatoms. The molecule has 42 heavy (non-hydrogen) atoms. The van der Waals surface area contributed by atoms with Gasteiger partial charge < -0.3 is 29.6 Å². The Morgan fingerprint density at radius 2 is 1.67 bits per heavy atom. The average Bonchev–Trinajstić information content (AvgIpc) is 3.31. The molecule has 3 amide bonds. The van der Waals surface area contributed by atoms with Crippen LogP contribution in [0, 0.1) is 0 Å². The van der Waals surface area contributed by atoms with Crippen LogP contribution in [0.4, 0.5) is 15.6 Å². The van der Waals surface area contributed by atoms with Crippen molar-refractivity contribution in [2.24, 2.45) is 5.16 Å². The number of oxime groups is 1. The van der Waals surface area contributed by atoms with Crippen LogP contribution in [0.3, 0.4) is 0 Å². The van der Waals surface area contributed by atoms with Gasteiger partial charge in [-0.15, -0.1) is 11.3 Å². The minimum atomic E-state index is -1.57. The lowest BCUT2D eigenvalue weighted by Crippen LogP contribution is -2.65. The van der Waals surface area contributed by atoms with Crippen molar-refractivity contribution in [3.63, 3.8) is 0 Å². The normalized spacial score (nSPS) is 15.9. The zero-order chi connectivity index (χ0) is 31.5. The number of carbonyl (C=O) groups is 4. The Morgan fingerprint density at radius 1 is 1.05 bits per heavy atom. The number of nitrogens with one attached hydrogen (secondary N) is 2. The van der Waals surface area contributed by atoms with Crippen LogP contribution in [0.15, 0.2) is 34.8 Å². The fourth-order valence-electron chi connectivity index (χ4n) is 3.41. The molecular weight excluding hydrogens is 566 g/mol. The first-order chi connectivity index (χ1) is 19.4. The predicted octanol–water partition coefficient (Wildman–Crippen LogP) is 3.36. The van der Waals surface area contributed by atoms with Gasteiger partial charge in [0, 0.05) is 11.1 Å². The lowest BCUT2D eigenvalue weighted by Gasteiger charge is -2.38. The van der Waals surface area contributed by atoms with Gasteiger partial charge in [0.25, 0.3) is 11.8 Å². The Morgan fingerprint density at radius 3 is 2.21 bits per heavy atom. The fourth-order valence-corrected chi connectivity index (χ4v) is 4.09. The van der Waals surface area contributed by atoms with E-state index in [2.05, 4.69) is 20.8 Å². The summed E-state index contributed by atoms with van der Waals surface area (Å²) >= 11 is 1.01. The van der Waals surface area contributed by atoms with Crippen molar-refractivity contribution in [1.82, 2.24) is 10.3 Å². The highest BCUT2D eigenvalue weighted by molar-refractivity contribution is 7.14. The fraction of sp³-hybridized carbons (Fsp3) is 0.500. The van der Waals surface area contributed by atoms with Crippen molar-refractivity contribution in [1.29, 1.82) is 0 Å². The summed E-state index contributed by atoms with van der Waals surface area (Å²) < 4.78 is 10.6. The molecule has 0 spiro atoms. The molecule has 1 atom stereocenters. The molecule has 1 aromatic heterocycles. The van der Waals surface area contributed by atoms with Gasteiger partial charge in [0.05, 0.1) is 13.2 Å². The summed E-state index contributed by atoms with van der Waals surface area (Å²) in [7, 11) is 0. The van der Waals surface area contributed by atoms with Gasteiger partial charge in [-0.1, -0.05) is 17.3 Å². The summed E-state index contributed by atoms with van der Waals surface area (Å²) in [6.07, 6.45) is -0.735. The summed E-state index contributed by atoms with van der Waals surface area (Å²) in [5, 5.41) is 19.9. The lowest BCUT2D eigenvalue weighted by atomic mass is 10.0. The van der Waals surface area contributed by atoms with Gasteiger partial charge in [-0.3, -0.25) is 14.9 Å². The molecule has 0 bridgehead atoms. The molecular formula is C28H37N5O8S. The smallest absolute Gasteiger partial charge is 0.413 e. The maximum Gasteiger partial charge on any atom is 0.413 e. The first kappa shape index (κ1) is 32.5. The quantitative estimate of drug-likeness (QED) is 0.168. The highest BCUT2D eigenvalue weighted by Gasteiger charge is 2.40. The summed E-state index contributed by atoms with van der Waals surface area (Å²) in [6.45, 7) is 13.2. The van der Waals surface area contributed by atoms with Crippen molar-refractivity contribution in [3.05, 3.63) is 40.9 Å². The van der Waals surface area contributed by atoms with E-state index >= 15 is 0 Å². The second kappa shape index (κ2) is 12.4. The Kier molecular flexibility index (Phi) is 9.63. The van der Waals surface area contributed by atoms with Crippen LogP contribution in [-0.2, 0) is 35.3 Å². The number of nitrogens with zero attached hydrogens (tertiary/aromatic N) is 3. The SMILES string of the molecule is CC(C)(C)OC(=O)Nc1nc(/C(=N/OC(C)(C)C(=O)OC(C)(C)C)C(=O)N[C@H]2CN(c3ccc(CO)cc3)C2=O)cs1. The van der Waals surface area contributed by atoms with E-state index < -0.39 is 40.8 Å². The van der Waals surface area contributed by atoms with Gasteiger partial charge in [0.2, 0.25) is 5.60 Å². The lowest BCUT2D eigenvalue weighted by molar-refractivity contribution is -0.179. The minimum Gasteiger partial charge on any atom is -0.457 e. The van der Waals surface area contributed by atoms with E-state index in [-0.39, 0.29) is 35.6 Å². The highest BCUT2D eigenvalue weighted by Crippen LogP contribution is 2.24. The third-order valence-electron chi connectivity index (χ3n) is 5.49. The zero-order valence-corrected chi connectivity index (χ0v) is 25.7. The van der Waals surface area contributed by atoms with Crippen molar-refractivity contribution >= 4 is 51.7 Å². The number of rotatable bonds is 9. The van der Waals surface area contributed by atoms with E-state index in [1.807, 2.05) is 0 Å². The number of β-lactam (4-membered cyclic amide) rings is 1. The van der Waals surface area contributed by atoms with Crippen LogP contribution < -0.4 is 15.5 Å². The second-order valence-corrected chi connectivity index (χ2v) is 12.9. The monoisotopic (exact) mass is 603 g/mol. The third-order valence-corrected chi connectivity index (χ3v) is 6.25. The molecule has 0 unspecified atom stereocenters. The number of aliphatic hydroxyl groups excluding tert-OH is 1. The van der Waals surface area contributed by atoms with Crippen LogP contribution >= 0.6 is 11.3 Å². The largest absolute Gasteiger partial charge is 0.457 e. The molecule has 2 aromatic rings. The minimum absolute atomic E-state index is 0.0340. The Bertz CT molecular complexity index is 1360. The molecule has 13 nitrogen and oxygen atoms in total. The molecule has 0 aliphatic carbocycles. The van der Waals surface area contributed by atoms with Crippen molar-refractivity contribution < 1.29 is 38.6 Å². The standard InChI is InChI=1S/C28H37N5O8S/c1-26(2,3)39-23(37)28(7,8)41-32-20(19-15-42-24(30-19)31-25(38)40-27(4,5)6)21(35)29-18-13-33(22(18)36)17-11-9-16(14-34)10-12-17/h9-12,15,18,34H,13-14H2,1-8H3,(H,29,35)(H,30,31,38)/b32-20-/t18-/m0/s1. The Labute approximate surface area is 248 Å². The summed E-state index contributed by atoms with van der Waals surface area (Å²) in [5.74, 6) is -1.83. The van der Waals surface area contributed by atoms with Crippen LogP contribution in [0.5, 0.6) is 0 Å². The molecule has 2 heterocycles. The van der Waals surface area contributed by atoms with Gasteiger partial charge in [-0.25, -0.2) is 14.6 Å². The second-order valence-electron chi connectivity index (χ2n) is 12.0. The number of hydrogen-bond acceptors (Lipinski definition) is 11. The van der Waals surface area contributed by atoms with E-state index in [9.17, 15) is 24.3 Å². The molecule has 1 saturated heterocycles. The van der Waals surface area contributed by atoms with Gasteiger partial charge in [-0.2, -0.15) is 0 Å². The molecule has 228 valence electrons. The van der Waals surface area contributed by atoms with Crippen molar-refractivity contribution in [3.8, 4) is 0 Å². The van der Waals surface area contributed by atoms with Gasteiger partial charge >= 0.3 is 12.1 Å². The topological polar surface area (TPSA) is 169 Å². The highest BCUT2D eigenvalue weighted by atomic mass is 32.1. The average molecular weight is 604 g/mol. The number of aromatic nitrogens is 1.